The number of aryl methyl sites for hydroxylation is 1. The van der Waals surface area contributed by atoms with E-state index < -0.39 is 21.7 Å². The number of nitrogens with zero attached hydrogens (tertiary/aromatic N) is 3. The van der Waals surface area contributed by atoms with Gasteiger partial charge < -0.3 is 14.2 Å². The van der Waals surface area contributed by atoms with E-state index in [0.717, 1.165) is 36.2 Å². The molecule has 1 fully saturated rings. The molecule has 1 spiro atoms. The van der Waals surface area contributed by atoms with Crippen molar-refractivity contribution in [1.29, 1.82) is 0 Å². The van der Waals surface area contributed by atoms with Crippen LogP contribution < -0.4 is 0 Å². The number of piperidine rings is 1. The number of aromatic nitrogens is 1. The Morgan fingerprint density at radius 2 is 1.86 bits per heavy atom. The quantitative estimate of drug-likeness (QED) is 0.639. The Balaban J connectivity index is 1.88. The molecule has 1 amide bonds. The highest BCUT2D eigenvalue weighted by Gasteiger charge is 2.48. The van der Waals surface area contributed by atoms with Crippen molar-refractivity contribution < 1.29 is 14.1 Å². The van der Waals surface area contributed by atoms with Crippen molar-refractivity contribution in [1.82, 2.24) is 9.88 Å². The van der Waals surface area contributed by atoms with Crippen LogP contribution in [0, 0.1) is 12.3 Å². The highest BCUT2D eigenvalue weighted by atomic mass is 32.2. The van der Waals surface area contributed by atoms with Crippen LogP contribution in [0.1, 0.15) is 71.2 Å². The number of rotatable bonds is 1. The molecular weight excluding hydrogens is 386 g/mol. The minimum atomic E-state index is -1.34. The summed E-state index contributed by atoms with van der Waals surface area (Å²) in [6.45, 7) is 14.7. The van der Waals surface area contributed by atoms with E-state index in [-0.39, 0.29) is 11.5 Å². The van der Waals surface area contributed by atoms with Crippen LogP contribution in [0.2, 0.25) is 0 Å². The van der Waals surface area contributed by atoms with Crippen LogP contribution in [0.25, 0.3) is 0 Å². The van der Waals surface area contributed by atoms with Gasteiger partial charge in [0.1, 0.15) is 27.4 Å². The van der Waals surface area contributed by atoms with Crippen molar-refractivity contribution >= 4 is 23.2 Å². The van der Waals surface area contributed by atoms with Gasteiger partial charge in [-0.15, -0.1) is 0 Å². The molecule has 1 aromatic rings. The largest absolute Gasteiger partial charge is 0.591 e. The van der Waals surface area contributed by atoms with Gasteiger partial charge >= 0.3 is 6.09 Å². The monoisotopic (exact) mass is 419 g/mol. The second-order valence-electron chi connectivity index (χ2n) is 10.2. The number of amides is 1. The Morgan fingerprint density at radius 3 is 2.41 bits per heavy atom. The number of carbonyl (C=O) groups is 1. The molecule has 2 aliphatic rings. The van der Waals surface area contributed by atoms with E-state index >= 15 is 0 Å². The fourth-order valence-corrected chi connectivity index (χ4v) is 4.66. The first-order valence-corrected chi connectivity index (χ1v) is 11.4. The Morgan fingerprint density at radius 1 is 1.24 bits per heavy atom. The molecule has 0 unspecified atom stereocenters. The molecule has 1 aliphatic carbocycles. The smallest absolute Gasteiger partial charge is 0.410 e. The lowest BCUT2D eigenvalue weighted by Gasteiger charge is -2.39. The lowest BCUT2D eigenvalue weighted by molar-refractivity contribution is 0.0159. The van der Waals surface area contributed by atoms with Crippen LogP contribution in [-0.2, 0) is 22.5 Å². The van der Waals surface area contributed by atoms with Crippen LogP contribution in [0.15, 0.2) is 16.7 Å². The molecule has 0 saturated carbocycles. The van der Waals surface area contributed by atoms with E-state index in [4.69, 9.17) is 9.13 Å². The van der Waals surface area contributed by atoms with E-state index in [1.54, 1.807) is 4.90 Å². The molecule has 1 atom stereocenters. The molecule has 6 nitrogen and oxygen atoms in total. The number of pyridine rings is 1. The fourth-order valence-electron chi connectivity index (χ4n) is 3.93. The third kappa shape index (κ3) is 4.77. The van der Waals surface area contributed by atoms with Gasteiger partial charge in [-0.2, -0.15) is 0 Å². The third-order valence-corrected chi connectivity index (χ3v) is 6.88. The molecule has 0 aromatic carbocycles. The maximum Gasteiger partial charge on any atom is 0.410 e. The average Bonchev–Trinajstić information content (AvgIpc) is 2.85. The summed E-state index contributed by atoms with van der Waals surface area (Å²) in [4.78, 5) is 18.7. The zero-order valence-corrected chi connectivity index (χ0v) is 19.5. The van der Waals surface area contributed by atoms with E-state index in [1.807, 2.05) is 54.7 Å². The van der Waals surface area contributed by atoms with E-state index in [1.165, 1.54) is 5.56 Å². The molecule has 3 rings (SSSR count). The Labute approximate surface area is 177 Å². The highest BCUT2D eigenvalue weighted by molar-refractivity contribution is 7.91. The van der Waals surface area contributed by atoms with Gasteiger partial charge in [0.15, 0.2) is 0 Å². The van der Waals surface area contributed by atoms with Crippen molar-refractivity contribution in [3.05, 3.63) is 29.1 Å². The summed E-state index contributed by atoms with van der Waals surface area (Å²) in [5.41, 5.74) is 3.40. The van der Waals surface area contributed by atoms with Crippen LogP contribution >= 0.6 is 0 Å². The standard InChI is InChI=1S/C22H33N3O3S/c1-15-12-16-13-22(8-10-25(11-9-22)19(26)28-20(2,3)4)18(17(16)14-23-15)24-29(27)21(5,6)7/h12,14H,8-11,13H2,1-7H3/b24-18+/t29-/m1/s1. The van der Waals surface area contributed by atoms with Gasteiger partial charge in [-0.1, -0.05) is 4.40 Å². The summed E-state index contributed by atoms with van der Waals surface area (Å²) in [5, 5.41) is 0. The molecular formula is C22H33N3O3S. The molecule has 29 heavy (non-hydrogen) atoms. The van der Waals surface area contributed by atoms with Crippen LogP contribution in [0.4, 0.5) is 4.79 Å². The number of carbonyl (C=O) groups excluding carboxylic acids is 1. The first-order chi connectivity index (χ1) is 13.3. The molecule has 1 saturated heterocycles. The number of hydrogen-bond donors (Lipinski definition) is 0. The molecule has 1 aliphatic heterocycles. The van der Waals surface area contributed by atoms with Gasteiger partial charge in [-0.05, 0) is 79.4 Å². The van der Waals surface area contributed by atoms with E-state index in [9.17, 15) is 9.35 Å². The summed E-state index contributed by atoms with van der Waals surface area (Å²) in [6.07, 6.45) is 4.02. The van der Waals surface area contributed by atoms with Crippen LogP contribution in [-0.4, -0.2) is 49.7 Å². The van der Waals surface area contributed by atoms with Gasteiger partial charge in [0, 0.05) is 36.0 Å². The normalized spacial score (nSPS) is 21.4. The molecule has 160 valence electrons. The van der Waals surface area contributed by atoms with E-state index in [2.05, 4.69) is 11.1 Å². The first-order valence-electron chi connectivity index (χ1n) is 10.3. The topological polar surface area (TPSA) is 77.9 Å². The van der Waals surface area contributed by atoms with Crippen molar-refractivity contribution in [2.45, 2.75) is 78.1 Å². The van der Waals surface area contributed by atoms with Gasteiger partial charge in [-0.3, -0.25) is 4.98 Å². The number of likely N-dealkylation sites (tertiary alicyclic amines) is 1. The maximum atomic E-state index is 12.9. The maximum absolute atomic E-state index is 12.9. The zero-order chi connectivity index (χ0) is 21.6. The molecule has 7 heteroatoms. The molecule has 0 radical (unpaired) electrons. The lowest BCUT2D eigenvalue weighted by Crippen LogP contribution is -2.47. The van der Waals surface area contributed by atoms with Crippen LogP contribution in [0.3, 0.4) is 0 Å². The zero-order valence-electron chi connectivity index (χ0n) is 18.7. The predicted molar refractivity (Wildman–Crippen MR) is 117 cm³/mol. The van der Waals surface area contributed by atoms with E-state index in [0.29, 0.717) is 13.1 Å². The summed E-state index contributed by atoms with van der Waals surface area (Å²) in [6, 6.07) is 2.11. The molecule has 1 aromatic heterocycles. The predicted octanol–water partition coefficient (Wildman–Crippen LogP) is 4.21. The number of ether oxygens (including phenoxy) is 1. The minimum Gasteiger partial charge on any atom is -0.591 e. The van der Waals surface area contributed by atoms with Gasteiger partial charge in [-0.25, -0.2) is 4.79 Å². The molecule has 0 bridgehead atoms. The number of fused-ring (bicyclic) bond motifs is 1. The Kier molecular flexibility index (Phi) is 5.78. The van der Waals surface area contributed by atoms with Crippen molar-refractivity contribution in [3.8, 4) is 0 Å². The highest BCUT2D eigenvalue weighted by Crippen LogP contribution is 2.46. The Hall–Kier alpha value is -1.60. The van der Waals surface area contributed by atoms with Gasteiger partial charge in [0.05, 0.1) is 0 Å². The second kappa shape index (κ2) is 7.58. The van der Waals surface area contributed by atoms with Crippen LogP contribution in [0.5, 0.6) is 0 Å². The number of hydrogen-bond acceptors (Lipinski definition) is 5. The fraction of sp³-hybridized carbons (Fsp3) is 0.682. The summed E-state index contributed by atoms with van der Waals surface area (Å²) < 4.78 is 22.7. The second-order valence-corrected chi connectivity index (χ2v) is 12.1. The first kappa shape index (κ1) is 22.1. The molecule has 0 N–H and O–H groups in total. The SMILES string of the molecule is Cc1cc2c(cn1)/C(=N\[S@+]([O-])C(C)(C)C)C1(CCN(C(=O)OC(C)(C)C)CC1)C2. The Bertz CT molecular complexity index is 816. The van der Waals surface area contributed by atoms with Crippen molar-refractivity contribution in [2.24, 2.45) is 9.81 Å². The summed E-state index contributed by atoms with van der Waals surface area (Å²) >= 11 is -1.34. The average molecular weight is 420 g/mol. The van der Waals surface area contributed by atoms with Gasteiger partial charge in [0.25, 0.3) is 0 Å². The lowest BCUT2D eigenvalue weighted by atomic mass is 9.74. The minimum absolute atomic E-state index is 0.197. The van der Waals surface area contributed by atoms with Crippen molar-refractivity contribution in [3.63, 3.8) is 0 Å². The summed E-state index contributed by atoms with van der Waals surface area (Å²) in [7, 11) is 0. The molecule has 2 heterocycles. The third-order valence-electron chi connectivity index (χ3n) is 5.48. The van der Waals surface area contributed by atoms with Crippen molar-refractivity contribution in [2.75, 3.05) is 13.1 Å². The summed E-state index contributed by atoms with van der Waals surface area (Å²) in [5.74, 6) is 0. The van der Waals surface area contributed by atoms with Gasteiger partial charge in [0.2, 0.25) is 0 Å².